The van der Waals surface area contributed by atoms with Crippen LogP contribution in [-0.4, -0.2) is 41.5 Å². The summed E-state index contributed by atoms with van der Waals surface area (Å²) in [4.78, 5) is 20.3. The maximum Gasteiger partial charge on any atom is 0.266 e. The molecule has 1 amide bonds. The van der Waals surface area contributed by atoms with E-state index in [2.05, 4.69) is 17.2 Å². The van der Waals surface area contributed by atoms with Crippen molar-refractivity contribution in [2.24, 2.45) is 0 Å². The molecule has 0 aromatic carbocycles. The number of aryl methyl sites for hydroxylation is 1. The van der Waals surface area contributed by atoms with Crippen molar-refractivity contribution in [3.8, 4) is 0 Å². The molecule has 7 heteroatoms. The molecule has 4 nitrogen and oxygen atoms in total. The highest BCUT2D eigenvalue weighted by Gasteiger charge is 2.29. The Hall–Kier alpha value is -0.360. The molecule has 1 aliphatic heterocycles. The predicted molar refractivity (Wildman–Crippen MR) is 95.9 cm³/mol. The number of carbonyl (C=O) groups is 1. The highest BCUT2D eigenvalue weighted by atomic mass is 35.5. The fourth-order valence-electron chi connectivity index (χ4n) is 3.24. The molecule has 1 aromatic rings. The molecule has 1 saturated heterocycles. The van der Waals surface area contributed by atoms with Crippen LogP contribution in [0.5, 0.6) is 0 Å². The number of nitrogens with one attached hydrogen (secondary N) is 1. The largest absolute Gasteiger partial charge is 0.333 e. The maximum atomic E-state index is 12.7. The number of thiazole rings is 1. The maximum absolute atomic E-state index is 12.7. The first-order valence-electron chi connectivity index (χ1n) is 7.66. The van der Waals surface area contributed by atoms with Gasteiger partial charge in [-0.1, -0.05) is 12.8 Å². The Balaban J connectivity index is 0.00000121. The quantitative estimate of drug-likeness (QED) is 0.873. The molecular formula is C15H25Cl2N3OS. The van der Waals surface area contributed by atoms with E-state index in [0.717, 1.165) is 30.2 Å². The molecule has 126 valence electrons. The molecule has 0 spiro atoms. The molecule has 1 saturated carbocycles. The monoisotopic (exact) mass is 365 g/mol. The lowest BCUT2D eigenvalue weighted by molar-refractivity contribution is 0.0660. The SMILES string of the molecule is Cc1nc(C2CCCC2)sc1C(=O)N1CCNC[C@@H]1C.Cl.Cl. The lowest BCUT2D eigenvalue weighted by Gasteiger charge is -2.33. The molecular weight excluding hydrogens is 341 g/mol. The Morgan fingerprint density at radius 2 is 2.00 bits per heavy atom. The van der Waals surface area contributed by atoms with Gasteiger partial charge in [-0.05, 0) is 26.7 Å². The Labute approximate surface area is 148 Å². The van der Waals surface area contributed by atoms with Gasteiger partial charge in [-0.15, -0.1) is 36.2 Å². The summed E-state index contributed by atoms with van der Waals surface area (Å²) in [6.45, 7) is 6.67. The molecule has 1 N–H and O–H groups in total. The minimum atomic E-state index is 0. The average Bonchev–Trinajstić information content (AvgIpc) is 3.07. The third kappa shape index (κ3) is 3.94. The first kappa shape index (κ1) is 19.7. The van der Waals surface area contributed by atoms with Gasteiger partial charge in [0.2, 0.25) is 0 Å². The molecule has 2 heterocycles. The number of carbonyl (C=O) groups excluding carboxylic acids is 1. The normalized spacial score (nSPS) is 22.1. The number of aromatic nitrogens is 1. The molecule has 22 heavy (non-hydrogen) atoms. The average molecular weight is 366 g/mol. The van der Waals surface area contributed by atoms with Gasteiger partial charge in [0, 0.05) is 31.6 Å². The lowest BCUT2D eigenvalue weighted by atomic mass is 10.1. The van der Waals surface area contributed by atoms with E-state index < -0.39 is 0 Å². The molecule has 1 aromatic heterocycles. The Morgan fingerprint density at radius 1 is 1.32 bits per heavy atom. The van der Waals surface area contributed by atoms with Crippen molar-refractivity contribution in [2.45, 2.75) is 51.5 Å². The number of piperazine rings is 1. The van der Waals surface area contributed by atoms with Gasteiger partial charge in [-0.3, -0.25) is 4.79 Å². The zero-order valence-corrected chi connectivity index (χ0v) is 15.6. The number of amides is 1. The standard InChI is InChI=1S/C15H23N3OS.2ClH/c1-10-9-16-7-8-18(10)15(19)13-11(2)17-14(20-13)12-5-3-4-6-12;;/h10,12,16H,3-9H2,1-2H3;2*1H/t10-;;/m0../s1. The van der Waals surface area contributed by atoms with E-state index >= 15 is 0 Å². The van der Waals surface area contributed by atoms with E-state index in [4.69, 9.17) is 0 Å². The van der Waals surface area contributed by atoms with Crippen LogP contribution in [0.25, 0.3) is 0 Å². The number of hydrogen-bond donors (Lipinski definition) is 1. The van der Waals surface area contributed by atoms with Gasteiger partial charge in [0.15, 0.2) is 0 Å². The molecule has 0 radical (unpaired) electrons. The summed E-state index contributed by atoms with van der Waals surface area (Å²) in [5.41, 5.74) is 0.924. The second kappa shape index (κ2) is 8.48. The van der Waals surface area contributed by atoms with E-state index in [1.807, 2.05) is 11.8 Å². The number of rotatable bonds is 2. The predicted octanol–water partition coefficient (Wildman–Crippen LogP) is 3.39. The van der Waals surface area contributed by atoms with Crippen molar-refractivity contribution < 1.29 is 4.79 Å². The first-order valence-corrected chi connectivity index (χ1v) is 8.47. The fourth-order valence-corrected chi connectivity index (χ4v) is 4.43. The van der Waals surface area contributed by atoms with Gasteiger partial charge in [-0.25, -0.2) is 4.98 Å². The van der Waals surface area contributed by atoms with Crippen molar-refractivity contribution in [3.05, 3.63) is 15.6 Å². The molecule has 1 atom stereocenters. The van der Waals surface area contributed by atoms with Crippen LogP contribution in [0, 0.1) is 6.92 Å². The summed E-state index contributed by atoms with van der Waals surface area (Å²) < 4.78 is 0. The van der Waals surface area contributed by atoms with Crippen LogP contribution in [0.1, 0.15) is 58.9 Å². The summed E-state index contributed by atoms with van der Waals surface area (Å²) >= 11 is 1.64. The smallest absolute Gasteiger partial charge is 0.266 e. The van der Waals surface area contributed by atoms with Crippen molar-refractivity contribution in [1.82, 2.24) is 15.2 Å². The fraction of sp³-hybridized carbons (Fsp3) is 0.733. The Bertz CT molecular complexity index is 503. The summed E-state index contributed by atoms with van der Waals surface area (Å²) in [5, 5.41) is 4.52. The summed E-state index contributed by atoms with van der Waals surface area (Å²) in [6, 6.07) is 0.271. The van der Waals surface area contributed by atoms with Crippen LogP contribution in [0.4, 0.5) is 0 Å². The molecule has 3 rings (SSSR count). The molecule has 0 unspecified atom stereocenters. The molecule has 0 bridgehead atoms. The minimum absolute atomic E-state index is 0. The zero-order chi connectivity index (χ0) is 14.1. The van der Waals surface area contributed by atoms with Crippen LogP contribution in [-0.2, 0) is 0 Å². The van der Waals surface area contributed by atoms with Crippen LogP contribution < -0.4 is 5.32 Å². The highest BCUT2D eigenvalue weighted by Crippen LogP contribution is 2.37. The topological polar surface area (TPSA) is 45.2 Å². The number of nitrogens with zero attached hydrogens (tertiary/aromatic N) is 2. The van der Waals surface area contributed by atoms with Gasteiger partial charge >= 0.3 is 0 Å². The molecule has 1 aliphatic carbocycles. The second-order valence-electron chi connectivity index (χ2n) is 6.00. The number of hydrogen-bond acceptors (Lipinski definition) is 4. The van der Waals surface area contributed by atoms with Crippen LogP contribution in [0.3, 0.4) is 0 Å². The number of halogens is 2. The van der Waals surface area contributed by atoms with E-state index in [-0.39, 0.29) is 36.8 Å². The van der Waals surface area contributed by atoms with Crippen molar-refractivity contribution in [2.75, 3.05) is 19.6 Å². The summed E-state index contributed by atoms with van der Waals surface area (Å²) in [7, 11) is 0. The Morgan fingerprint density at radius 3 is 2.64 bits per heavy atom. The Kier molecular flexibility index (Phi) is 7.59. The molecule has 2 fully saturated rings. The van der Waals surface area contributed by atoms with Crippen molar-refractivity contribution in [1.29, 1.82) is 0 Å². The van der Waals surface area contributed by atoms with Gasteiger partial charge in [0.1, 0.15) is 4.88 Å². The van der Waals surface area contributed by atoms with Gasteiger partial charge in [-0.2, -0.15) is 0 Å². The van der Waals surface area contributed by atoms with Crippen molar-refractivity contribution in [3.63, 3.8) is 0 Å². The van der Waals surface area contributed by atoms with E-state index in [1.54, 1.807) is 11.3 Å². The van der Waals surface area contributed by atoms with E-state index in [1.165, 1.54) is 30.7 Å². The van der Waals surface area contributed by atoms with Gasteiger partial charge in [0.25, 0.3) is 5.91 Å². The summed E-state index contributed by atoms with van der Waals surface area (Å²) in [5.74, 6) is 0.777. The van der Waals surface area contributed by atoms with Crippen LogP contribution in [0.2, 0.25) is 0 Å². The van der Waals surface area contributed by atoms with Gasteiger partial charge < -0.3 is 10.2 Å². The van der Waals surface area contributed by atoms with Crippen LogP contribution in [0.15, 0.2) is 0 Å². The third-order valence-corrected chi connectivity index (χ3v) is 5.78. The summed E-state index contributed by atoms with van der Waals surface area (Å²) in [6.07, 6.45) is 5.10. The lowest BCUT2D eigenvalue weighted by Crippen LogP contribution is -2.52. The first-order chi connectivity index (χ1) is 9.66. The van der Waals surface area contributed by atoms with Gasteiger partial charge in [0.05, 0.1) is 10.7 Å². The minimum Gasteiger partial charge on any atom is -0.333 e. The van der Waals surface area contributed by atoms with Crippen LogP contribution >= 0.6 is 36.2 Å². The third-order valence-electron chi connectivity index (χ3n) is 4.47. The highest BCUT2D eigenvalue weighted by molar-refractivity contribution is 7.13. The van der Waals surface area contributed by atoms with E-state index in [0.29, 0.717) is 5.92 Å². The zero-order valence-electron chi connectivity index (χ0n) is 13.1. The van der Waals surface area contributed by atoms with Crippen molar-refractivity contribution >= 4 is 42.1 Å². The van der Waals surface area contributed by atoms with E-state index in [9.17, 15) is 4.79 Å². The second-order valence-corrected chi connectivity index (χ2v) is 7.03. The molecule has 2 aliphatic rings.